The van der Waals surface area contributed by atoms with Crippen LogP contribution in [-0.2, 0) is 20.7 Å². The predicted octanol–water partition coefficient (Wildman–Crippen LogP) is 3.49. The monoisotopic (exact) mass is 577 g/mol. The number of aromatic nitrogens is 2. The first kappa shape index (κ1) is 24.7. The number of imidazole rings is 1. The van der Waals surface area contributed by atoms with Crippen molar-refractivity contribution in [2.45, 2.75) is 37.0 Å². The molecule has 0 radical (unpaired) electrons. The van der Waals surface area contributed by atoms with E-state index in [1.54, 1.807) is 41.0 Å². The minimum absolute atomic E-state index is 0.257. The minimum atomic E-state index is -1.32. The molecule has 0 saturated carbocycles. The summed E-state index contributed by atoms with van der Waals surface area (Å²) in [5.74, 6) is -0.658. The van der Waals surface area contributed by atoms with Gasteiger partial charge in [0.15, 0.2) is 11.0 Å². The summed E-state index contributed by atoms with van der Waals surface area (Å²) < 4.78 is 13.0. The normalized spacial score (nSPS) is 23.7. The molecule has 2 aromatic carbocycles. The van der Waals surface area contributed by atoms with Gasteiger partial charge in [0.05, 0.1) is 21.1 Å². The van der Waals surface area contributed by atoms with Gasteiger partial charge in [0, 0.05) is 5.02 Å². The van der Waals surface area contributed by atoms with Gasteiger partial charge in [-0.1, -0.05) is 46.9 Å². The largest absolute Gasteiger partial charge is 0.462 e. The van der Waals surface area contributed by atoms with Crippen LogP contribution in [0.5, 0.6) is 0 Å². The van der Waals surface area contributed by atoms with Crippen molar-refractivity contribution in [2.24, 2.45) is 5.73 Å². The van der Waals surface area contributed by atoms with E-state index in [0.717, 1.165) is 5.56 Å². The molecule has 1 aromatic heterocycles. The molecule has 0 spiro atoms. The number of benzene rings is 2. The van der Waals surface area contributed by atoms with E-state index >= 15 is 0 Å². The molecular formula is C21H19BrCl3N3O5. The van der Waals surface area contributed by atoms with Gasteiger partial charge < -0.3 is 25.4 Å². The average molecular weight is 580 g/mol. The lowest BCUT2D eigenvalue weighted by atomic mass is 10.1. The van der Waals surface area contributed by atoms with Gasteiger partial charge in [-0.25, -0.2) is 4.98 Å². The van der Waals surface area contributed by atoms with Crippen molar-refractivity contribution in [2.75, 3.05) is 6.61 Å². The number of nitrogens with zero attached hydrogens (tertiary/aromatic N) is 2. The number of hydrogen-bond donors (Lipinski definition) is 3. The van der Waals surface area contributed by atoms with Gasteiger partial charge in [-0.2, -0.15) is 0 Å². The fourth-order valence-corrected chi connectivity index (χ4v) is 4.64. The zero-order chi connectivity index (χ0) is 23.9. The van der Waals surface area contributed by atoms with Gasteiger partial charge in [0.1, 0.15) is 31.0 Å². The van der Waals surface area contributed by atoms with Crippen molar-refractivity contribution in [1.29, 1.82) is 0 Å². The van der Waals surface area contributed by atoms with E-state index < -0.39 is 36.6 Å². The highest BCUT2D eigenvalue weighted by atomic mass is 79.9. The molecule has 8 nitrogen and oxygen atoms in total. The molecule has 4 N–H and O–H groups in total. The lowest BCUT2D eigenvalue weighted by Gasteiger charge is -2.18. The fraction of sp³-hybridized carbons (Fsp3) is 0.333. The summed E-state index contributed by atoms with van der Waals surface area (Å²) in [4.78, 5) is 16.7. The fourth-order valence-electron chi connectivity index (χ4n) is 3.61. The number of aliphatic hydroxyl groups is 2. The van der Waals surface area contributed by atoms with Gasteiger partial charge in [-0.15, -0.1) is 0 Å². The highest BCUT2D eigenvalue weighted by Gasteiger charge is 2.45. The summed E-state index contributed by atoms with van der Waals surface area (Å²) in [6.45, 7) is -0.293. The van der Waals surface area contributed by atoms with Crippen LogP contribution in [0.2, 0.25) is 15.1 Å². The van der Waals surface area contributed by atoms with Crippen molar-refractivity contribution < 1.29 is 24.5 Å². The van der Waals surface area contributed by atoms with E-state index in [0.29, 0.717) is 30.8 Å². The summed E-state index contributed by atoms with van der Waals surface area (Å²) >= 11 is 21.4. The third kappa shape index (κ3) is 5.16. The second-order valence-electron chi connectivity index (χ2n) is 7.62. The Morgan fingerprint density at radius 1 is 1.18 bits per heavy atom. The maximum Gasteiger partial charge on any atom is 0.323 e. The Balaban J connectivity index is 1.43. The summed E-state index contributed by atoms with van der Waals surface area (Å²) in [5.41, 5.74) is 7.83. The number of esters is 1. The number of hydrogen-bond acceptors (Lipinski definition) is 7. The van der Waals surface area contributed by atoms with Crippen LogP contribution in [-0.4, -0.2) is 56.7 Å². The van der Waals surface area contributed by atoms with Crippen molar-refractivity contribution in [3.05, 3.63) is 61.8 Å². The van der Waals surface area contributed by atoms with E-state index in [4.69, 9.17) is 50.0 Å². The molecular weight excluding hydrogens is 561 g/mol. The number of ether oxygens (including phenoxy) is 2. The highest BCUT2D eigenvalue weighted by Crippen LogP contribution is 2.37. The van der Waals surface area contributed by atoms with Gasteiger partial charge in [0.25, 0.3) is 0 Å². The number of rotatable bonds is 6. The Morgan fingerprint density at radius 3 is 2.55 bits per heavy atom. The molecule has 4 rings (SSSR count). The van der Waals surface area contributed by atoms with Crippen molar-refractivity contribution >= 4 is 67.7 Å². The summed E-state index contributed by atoms with van der Waals surface area (Å²) in [7, 11) is 0. The van der Waals surface area contributed by atoms with E-state index in [1.165, 1.54) is 0 Å². The summed E-state index contributed by atoms with van der Waals surface area (Å²) in [6, 6.07) is 9.21. The van der Waals surface area contributed by atoms with Crippen LogP contribution >= 0.6 is 50.7 Å². The Bertz CT molecular complexity index is 1180. The first-order valence-electron chi connectivity index (χ1n) is 9.86. The van der Waals surface area contributed by atoms with Crippen molar-refractivity contribution in [3.63, 3.8) is 0 Å². The molecule has 0 amide bonds. The van der Waals surface area contributed by atoms with Crippen LogP contribution in [0.3, 0.4) is 0 Å². The molecule has 3 aromatic rings. The Hall–Kier alpha value is -1.43. The number of halogens is 4. The molecule has 5 atom stereocenters. The third-order valence-corrected chi connectivity index (χ3v) is 6.88. The summed E-state index contributed by atoms with van der Waals surface area (Å²) in [5, 5.41) is 22.3. The van der Waals surface area contributed by atoms with E-state index in [-0.39, 0.29) is 13.0 Å². The number of aliphatic hydroxyl groups excluding tert-OH is 2. The average Bonchev–Trinajstić information content (AvgIpc) is 3.23. The van der Waals surface area contributed by atoms with Crippen LogP contribution in [0.1, 0.15) is 11.8 Å². The highest BCUT2D eigenvalue weighted by molar-refractivity contribution is 9.10. The Kier molecular flexibility index (Phi) is 7.52. The van der Waals surface area contributed by atoms with Crippen molar-refractivity contribution in [1.82, 2.24) is 9.55 Å². The SMILES string of the molecule is N[C@@H](Cc1ccc(Cl)cc1)C(=O)OC[C@H]1O[C@@H](n2c(Br)nc3cc(Cl)c(Cl)cc32)[C@H](O)[C@@H]1O. The van der Waals surface area contributed by atoms with Crippen LogP contribution in [0.4, 0.5) is 0 Å². The molecule has 12 heteroatoms. The zero-order valence-electron chi connectivity index (χ0n) is 16.9. The van der Waals surface area contributed by atoms with Crippen LogP contribution in [0, 0.1) is 0 Å². The first-order chi connectivity index (χ1) is 15.7. The van der Waals surface area contributed by atoms with Gasteiger partial charge in [-0.05, 0) is 52.2 Å². The Labute approximate surface area is 212 Å². The first-order valence-corrected chi connectivity index (χ1v) is 11.8. The quantitative estimate of drug-likeness (QED) is 0.383. The topological polar surface area (TPSA) is 120 Å². The number of fused-ring (bicyclic) bond motifs is 1. The molecule has 1 saturated heterocycles. The maximum atomic E-state index is 12.3. The van der Waals surface area contributed by atoms with Crippen molar-refractivity contribution in [3.8, 4) is 0 Å². The molecule has 1 fully saturated rings. The smallest absolute Gasteiger partial charge is 0.323 e. The molecule has 1 aliphatic rings. The van der Waals surface area contributed by atoms with Crippen LogP contribution in [0.25, 0.3) is 11.0 Å². The van der Waals surface area contributed by atoms with Gasteiger partial charge in [-0.3, -0.25) is 9.36 Å². The second-order valence-corrected chi connectivity index (χ2v) is 9.58. The number of carbonyl (C=O) groups is 1. The number of nitrogens with two attached hydrogens (primary N) is 1. The van der Waals surface area contributed by atoms with Crippen LogP contribution < -0.4 is 5.73 Å². The lowest BCUT2D eigenvalue weighted by Crippen LogP contribution is -2.38. The standard InChI is InChI=1S/C21H19BrCl3N3O5/c22-21-27-14-6-11(24)12(25)7-15(14)28(21)19-18(30)17(29)16(33-19)8-32-20(31)13(26)5-9-1-3-10(23)4-2-9/h1-4,6-7,13,16-19,29-30H,5,8,26H2/t13-,16+,17+,18+,19+/m0/s1. The number of carbonyl (C=O) groups excluding carboxylic acids is 1. The predicted molar refractivity (Wildman–Crippen MR) is 127 cm³/mol. The molecule has 2 heterocycles. The van der Waals surface area contributed by atoms with E-state index in [1.807, 2.05) is 0 Å². The van der Waals surface area contributed by atoms with Gasteiger partial charge in [0.2, 0.25) is 0 Å². The van der Waals surface area contributed by atoms with Gasteiger partial charge >= 0.3 is 5.97 Å². The Morgan fingerprint density at radius 2 is 1.85 bits per heavy atom. The zero-order valence-corrected chi connectivity index (χ0v) is 20.7. The minimum Gasteiger partial charge on any atom is -0.462 e. The van der Waals surface area contributed by atoms with E-state index in [9.17, 15) is 15.0 Å². The van der Waals surface area contributed by atoms with Crippen LogP contribution in [0.15, 0.2) is 41.1 Å². The maximum absolute atomic E-state index is 12.3. The second kappa shape index (κ2) is 10.1. The molecule has 0 unspecified atom stereocenters. The van der Waals surface area contributed by atoms with E-state index in [2.05, 4.69) is 20.9 Å². The molecule has 1 aliphatic heterocycles. The lowest BCUT2D eigenvalue weighted by molar-refractivity contribution is -0.151. The molecule has 0 bridgehead atoms. The molecule has 33 heavy (non-hydrogen) atoms. The molecule has 176 valence electrons. The molecule has 0 aliphatic carbocycles. The summed E-state index contributed by atoms with van der Waals surface area (Å²) in [6.07, 6.45) is -4.37. The third-order valence-electron chi connectivity index (χ3n) is 5.34.